The van der Waals surface area contributed by atoms with Gasteiger partial charge in [0.25, 0.3) is 23.5 Å². The summed E-state index contributed by atoms with van der Waals surface area (Å²) < 4.78 is 30.9. The van der Waals surface area contributed by atoms with Gasteiger partial charge in [-0.05, 0) is 118 Å². The number of fused-ring (bicyclic) bond motifs is 2. The molecule has 0 spiro atoms. The third-order valence-corrected chi connectivity index (χ3v) is 20.1. The number of hydrogen-bond donors (Lipinski definition) is 5. The molecular formula is C74H90N8O16S. The molecule has 99 heavy (non-hydrogen) atoms. The average molecular weight is 1380 g/mol. The summed E-state index contributed by atoms with van der Waals surface area (Å²) in [6.45, 7) is 18.8. The van der Waals surface area contributed by atoms with Crippen molar-refractivity contribution in [3.63, 3.8) is 0 Å². The third-order valence-electron chi connectivity index (χ3n) is 18.9. The zero-order chi connectivity index (χ0) is 71.7. The molecule has 0 aromatic heterocycles. The molecule has 1 aliphatic carbocycles. The second-order valence-corrected chi connectivity index (χ2v) is 28.0. The van der Waals surface area contributed by atoms with Crippen molar-refractivity contribution in [1.82, 2.24) is 25.4 Å². The normalized spacial score (nSPS) is 23.1. The number of anilines is 3. The average Bonchev–Trinajstić information content (AvgIpc) is 1.65. The van der Waals surface area contributed by atoms with E-state index in [4.69, 9.17) is 28.7 Å². The Kier molecular flexibility index (Phi) is 23.8. The highest BCUT2D eigenvalue weighted by atomic mass is 32.1. The molecule has 8 atom stereocenters. The highest BCUT2D eigenvalue weighted by molar-refractivity contribution is 7.22. The van der Waals surface area contributed by atoms with E-state index in [0.29, 0.717) is 72.2 Å². The van der Waals surface area contributed by atoms with Gasteiger partial charge in [0.1, 0.15) is 35.9 Å². The molecule has 1 saturated heterocycles. The predicted molar refractivity (Wildman–Crippen MR) is 376 cm³/mol. The topological polar surface area (TPSA) is 308 Å². The number of aromatic nitrogens is 1. The van der Waals surface area contributed by atoms with Gasteiger partial charge in [0.2, 0.25) is 23.2 Å². The van der Waals surface area contributed by atoms with E-state index in [2.05, 4.69) is 40.0 Å². The molecule has 0 radical (unpaired) electrons. The molecule has 1 fully saturated rings. The number of rotatable bonds is 18. The van der Waals surface area contributed by atoms with Gasteiger partial charge in [-0.1, -0.05) is 78.3 Å². The SMILES string of the molecule is CO[C@H]1/C=C/O[C@@]2(C)Oc3c(C)c(O)c4c(=O)c(c5sc6cc(N7CCC(N(C)C(=O)OCc8ccc(NC(=O)CNC(=O)C(NC(=O)CCCCCN9C(=O)C=CC9=O)C(C)C)cc8)CC7)ccc6nc-5c4c3C2=O)NC(=O)/C(C)=C\C=C\[C@H](C)C[C@@H](C)C[C@@H](C)[C@H](OC(C)=O)[C@@H]1C. The van der Waals surface area contributed by atoms with Crippen LogP contribution in [-0.4, -0.2) is 144 Å². The van der Waals surface area contributed by atoms with Crippen molar-refractivity contribution in [2.75, 3.05) is 55.9 Å². The molecule has 5 heterocycles. The number of ether oxygens (including phenoxy) is 5. The minimum Gasteiger partial charge on any atom is -0.507 e. The fraction of sp³-hybridized carbons (Fsp3) is 0.473. The lowest BCUT2D eigenvalue weighted by Crippen LogP contribution is -2.51. The zero-order valence-corrected chi connectivity index (χ0v) is 59.1. The largest absolute Gasteiger partial charge is 0.507 e. The Morgan fingerprint density at radius 2 is 1.62 bits per heavy atom. The number of benzene rings is 4. The van der Waals surface area contributed by atoms with Crippen molar-refractivity contribution in [2.45, 2.75) is 157 Å². The number of carbonyl (C=O) groups is 9. The molecule has 4 bridgehead atoms. The molecule has 5 N–H and O–H groups in total. The molecule has 7 amide bonds. The Hall–Kier alpha value is -9.49. The monoisotopic (exact) mass is 1380 g/mol. The molecule has 0 saturated carbocycles. The summed E-state index contributed by atoms with van der Waals surface area (Å²) >= 11 is 1.20. The number of nitrogens with one attached hydrogen (secondary N) is 4. The first-order chi connectivity index (χ1) is 47.1. The number of phenolic OH excluding ortho intramolecular Hbond substituents is 1. The number of unbranched alkanes of at least 4 members (excludes halogenated alkanes) is 2. The van der Waals surface area contributed by atoms with Crippen LogP contribution in [0.2, 0.25) is 0 Å². The summed E-state index contributed by atoms with van der Waals surface area (Å²) in [5.41, 5.74) is 2.13. The van der Waals surface area contributed by atoms with Crippen molar-refractivity contribution < 1.29 is 71.9 Å². The molecule has 3 aromatic carbocycles. The van der Waals surface area contributed by atoms with Gasteiger partial charge >= 0.3 is 17.8 Å². The Bertz CT molecular complexity index is 4080. The van der Waals surface area contributed by atoms with E-state index in [-0.39, 0.29) is 123 Å². The van der Waals surface area contributed by atoms with E-state index < -0.39 is 70.8 Å². The second kappa shape index (κ2) is 32.0. The number of methoxy groups -OCH3 is 1. The first-order valence-corrected chi connectivity index (χ1v) is 34.6. The number of ketones is 1. The number of Topliss-reactive ketones (excluding diaryl/α,β-unsaturated/α-hetero) is 1. The van der Waals surface area contributed by atoms with Crippen molar-refractivity contribution >= 4 is 103 Å². The Balaban J connectivity index is 0.856. The number of piperidine rings is 1. The highest BCUT2D eigenvalue weighted by Crippen LogP contribution is 2.52. The van der Waals surface area contributed by atoms with Gasteiger partial charge in [-0.25, -0.2) is 9.78 Å². The quantitative estimate of drug-likeness (QED) is 0.0179. The van der Waals surface area contributed by atoms with E-state index in [9.17, 15) is 43.5 Å². The first-order valence-electron chi connectivity index (χ1n) is 33.8. The Morgan fingerprint density at radius 3 is 2.29 bits per heavy atom. The number of aromatic hydroxyl groups is 1. The molecule has 3 aromatic rings. The lowest BCUT2D eigenvalue weighted by Gasteiger charge is -2.37. The number of carbonyl (C=O) groups excluding carboxylic acids is 9. The van der Waals surface area contributed by atoms with Crippen LogP contribution in [0, 0.1) is 36.5 Å². The molecule has 5 aliphatic heterocycles. The summed E-state index contributed by atoms with van der Waals surface area (Å²) in [5.74, 6) is -6.52. The summed E-state index contributed by atoms with van der Waals surface area (Å²) in [5, 5.41) is 22.8. The van der Waals surface area contributed by atoms with Crippen molar-refractivity contribution in [3.8, 4) is 22.1 Å². The number of allylic oxidation sites excluding steroid dienone is 3. The van der Waals surface area contributed by atoms with Crippen LogP contribution in [0.15, 0.2) is 95.6 Å². The first kappa shape index (κ1) is 73.7. The van der Waals surface area contributed by atoms with Gasteiger partial charge < -0.3 is 59.9 Å². The van der Waals surface area contributed by atoms with Crippen LogP contribution < -0.4 is 36.3 Å². The molecule has 6 aliphatic rings. The van der Waals surface area contributed by atoms with E-state index in [0.717, 1.165) is 23.4 Å². The van der Waals surface area contributed by atoms with Gasteiger partial charge in [-0.2, -0.15) is 0 Å². The summed E-state index contributed by atoms with van der Waals surface area (Å²) in [6, 6.07) is 11.4. The number of phenols is 1. The lowest BCUT2D eigenvalue weighted by atomic mass is 9.82. The minimum absolute atomic E-state index is 0.00176. The van der Waals surface area contributed by atoms with Crippen LogP contribution in [-0.2, 0) is 59.1 Å². The third kappa shape index (κ3) is 17.2. The number of imide groups is 1. The smallest absolute Gasteiger partial charge is 0.410 e. The molecule has 1 unspecified atom stereocenters. The molecule has 9 rings (SSSR count). The van der Waals surface area contributed by atoms with E-state index in [1.54, 1.807) is 69.1 Å². The lowest BCUT2D eigenvalue weighted by molar-refractivity contribution is -0.155. The predicted octanol–water partition coefficient (Wildman–Crippen LogP) is 10.4. The zero-order valence-electron chi connectivity index (χ0n) is 58.2. The van der Waals surface area contributed by atoms with Gasteiger partial charge in [-0.15, -0.1) is 11.3 Å². The van der Waals surface area contributed by atoms with Gasteiger partial charge in [0.05, 0.1) is 50.6 Å². The molecular weight excluding hydrogens is 1290 g/mol. The van der Waals surface area contributed by atoms with Crippen LogP contribution >= 0.6 is 11.3 Å². The van der Waals surface area contributed by atoms with E-state index in [1.807, 2.05) is 44.2 Å². The summed E-state index contributed by atoms with van der Waals surface area (Å²) in [4.78, 5) is 143. The van der Waals surface area contributed by atoms with Gasteiger partial charge in [-0.3, -0.25) is 48.1 Å². The Morgan fingerprint density at radius 1 is 0.909 bits per heavy atom. The second-order valence-electron chi connectivity index (χ2n) is 27.0. The van der Waals surface area contributed by atoms with Gasteiger partial charge in [0.15, 0.2) is 0 Å². The number of amides is 7. The molecule has 25 heteroatoms. The van der Waals surface area contributed by atoms with Crippen molar-refractivity contribution in [2.24, 2.45) is 29.6 Å². The Labute approximate surface area is 579 Å². The maximum Gasteiger partial charge on any atom is 0.410 e. The number of esters is 1. The van der Waals surface area contributed by atoms with Crippen LogP contribution in [0.25, 0.3) is 31.6 Å². The standard InChI is InChI=1S/C74H90N8O16S/c1-40(2)62(78-55(84)19-14-13-15-31-82-57(86)26-27-58(82)87)72(92)75-38-56(85)76-49-22-20-48(21-23-49)39-95-73(93)80(11)50-28-32-81(33-29-50)51-24-25-52-54(37-51)99-69-63(77-52)59-60-65(88)46(8)68-61(59)70(90)74(10,98-68)96-34-30-53(94-12)45(7)67(97-47(9)83)44(6)36-42(4)35-41(3)17-16-18-43(5)71(91)79-64(69)66(60)89/h16-18,20-27,30,34,37,40-42,44-45,50,53,62,67,88H,13-15,19,28-29,31-33,35-36,38-39H2,1-12H3,(H,75,92)(H,76,85)(H,78,84)(H,79,91)/b17-16+,34-30+,43-18-/t41-,42+,44+,45+,53-,62?,67-,74-/m0/s1. The van der Waals surface area contributed by atoms with Crippen LogP contribution in [0.5, 0.6) is 11.5 Å². The highest BCUT2D eigenvalue weighted by Gasteiger charge is 2.50. The fourth-order valence-corrected chi connectivity index (χ4v) is 14.5. The van der Waals surface area contributed by atoms with Gasteiger partial charge in [0, 0.05) is 106 Å². The maximum atomic E-state index is 15.2. The van der Waals surface area contributed by atoms with Crippen molar-refractivity contribution in [1.29, 1.82) is 0 Å². The van der Waals surface area contributed by atoms with Crippen LogP contribution in [0.1, 0.15) is 135 Å². The van der Waals surface area contributed by atoms with Crippen LogP contribution in [0.3, 0.4) is 0 Å². The summed E-state index contributed by atoms with van der Waals surface area (Å²) in [6.07, 6.45) is 13.8. The van der Waals surface area contributed by atoms with E-state index in [1.165, 1.54) is 57.6 Å². The van der Waals surface area contributed by atoms with Crippen molar-refractivity contribution in [3.05, 3.63) is 118 Å². The van der Waals surface area contributed by atoms with Crippen LogP contribution in [0.4, 0.5) is 21.9 Å². The number of nitrogens with zero attached hydrogens (tertiary/aromatic N) is 4. The summed E-state index contributed by atoms with van der Waals surface area (Å²) in [7, 11) is 3.23. The fourth-order valence-electron chi connectivity index (χ4n) is 13.4. The molecule has 24 nitrogen and oxygen atoms in total. The maximum absolute atomic E-state index is 15.2. The number of hydrogen-bond acceptors (Lipinski definition) is 19. The minimum atomic E-state index is -2.00. The molecule has 528 valence electrons. The van der Waals surface area contributed by atoms with E-state index >= 15 is 9.59 Å².